The van der Waals surface area contributed by atoms with Crippen LogP contribution >= 0.6 is 0 Å². The van der Waals surface area contributed by atoms with Crippen LogP contribution in [0.2, 0.25) is 25.7 Å². The van der Waals surface area contributed by atoms with Crippen LogP contribution in [0.1, 0.15) is 47.5 Å². The van der Waals surface area contributed by atoms with Crippen LogP contribution in [0.4, 0.5) is 0 Å². The zero-order valence-corrected chi connectivity index (χ0v) is 22.7. The lowest BCUT2D eigenvalue weighted by atomic mass is 10.3. The van der Waals surface area contributed by atoms with E-state index in [1.54, 1.807) is 14.2 Å². The maximum absolute atomic E-state index is 8.31. The van der Waals surface area contributed by atoms with E-state index in [-0.39, 0.29) is 57.1 Å². The predicted octanol–water partition coefficient (Wildman–Crippen LogP) is 2.01. The van der Waals surface area contributed by atoms with Crippen LogP contribution in [0.3, 0.4) is 0 Å². The number of hydrogen-bond acceptors (Lipinski definition) is 6. The molecule has 28 heavy (non-hydrogen) atoms. The molecule has 0 aromatic heterocycles. The summed E-state index contributed by atoms with van der Waals surface area (Å²) in [4.78, 5) is 0. The molecular weight excluding hydrogens is 408 g/mol. The van der Waals surface area contributed by atoms with E-state index in [1.165, 1.54) is 25.3 Å². The van der Waals surface area contributed by atoms with Crippen molar-refractivity contribution in [3.05, 3.63) is 0 Å². The molecule has 0 atom stereocenters. The highest BCUT2D eigenvalue weighted by molar-refractivity contribution is 6.33. The summed E-state index contributed by atoms with van der Waals surface area (Å²) in [7, 11) is 3.57. The van der Waals surface area contributed by atoms with Gasteiger partial charge in [-0.15, -0.1) is 0 Å². The van der Waals surface area contributed by atoms with E-state index in [9.17, 15) is 0 Å². The molecule has 0 saturated heterocycles. The normalized spacial score (nSPS) is 9.86. The number of rotatable bonds is 14. The standard InChI is InChI=1S/C7H16O2.C6H16O2Si.2C2H8OSi.2CH4/c1-2-3-4-6-9-7-5-8;1-9-6-2-4-8-5-3-7;2*1-3-4-2;;/h8H,2-7H2,1H3;7H,2-6,9H2,1H3;2*4H2,1-2H3;2*1H4. The van der Waals surface area contributed by atoms with Gasteiger partial charge in [-0.2, -0.15) is 0 Å². The topological polar surface area (TPSA) is 77.4 Å². The second-order valence-electron chi connectivity index (χ2n) is 5.24. The molecule has 0 fully saturated rings. The summed E-state index contributed by atoms with van der Waals surface area (Å²) >= 11 is 0. The molecule has 0 aliphatic rings. The van der Waals surface area contributed by atoms with E-state index in [0.29, 0.717) is 13.2 Å². The minimum absolute atomic E-state index is 0. The zero-order chi connectivity index (χ0) is 20.7. The monoisotopic (exact) mass is 464 g/mol. The van der Waals surface area contributed by atoms with Crippen molar-refractivity contribution >= 4 is 29.0 Å². The van der Waals surface area contributed by atoms with Crippen molar-refractivity contribution in [2.24, 2.45) is 0 Å². The average Bonchev–Trinajstić information content (AvgIpc) is 2.69. The van der Waals surface area contributed by atoms with E-state index in [0.717, 1.165) is 19.6 Å². The summed E-state index contributed by atoms with van der Waals surface area (Å²) in [6.07, 6.45) is 4.76. The molecule has 0 aromatic rings. The van der Waals surface area contributed by atoms with Gasteiger partial charge in [-0.3, -0.25) is 0 Å². The van der Waals surface area contributed by atoms with Crippen LogP contribution in [0.15, 0.2) is 0 Å². The Labute approximate surface area is 184 Å². The van der Waals surface area contributed by atoms with Gasteiger partial charge in [0.25, 0.3) is 0 Å². The zero-order valence-electron chi connectivity index (χ0n) is 18.4. The molecule has 6 nitrogen and oxygen atoms in total. The number of hydrogen-bond donors (Lipinski definition) is 2. The Morgan fingerprint density at radius 1 is 0.679 bits per heavy atom. The van der Waals surface area contributed by atoms with Crippen molar-refractivity contribution in [1.82, 2.24) is 0 Å². The van der Waals surface area contributed by atoms with Crippen molar-refractivity contribution in [2.45, 2.75) is 73.1 Å². The maximum Gasteiger partial charge on any atom is 0.157 e. The third kappa shape index (κ3) is 82.1. The SMILES string of the molecule is C.C.CCCCCOCCO.CO[SiH2]C.CO[SiH2]C.C[SiH2]CCCOCCO. The second kappa shape index (κ2) is 56.4. The number of aliphatic hydroxyl groups excluding tert-OH is 2. The maximum atomic E-state index is 8.31. The van der Waals surface area contributed by atoms with E-state index in [1.807, 2.05) is 0 Å². The van der Waals surface area contributed by atoms with Gasteiger partial charge in [-0.05, 0) is 12.8 Å². The molecule has 0 aromatic carbocycles. The average molecular weight is 465 g/mol. The Morgan fingerprint density at radius 3 is 1.36 bits per heavy atom. The first-order chi connectivity index (χ1) is 12.7. The summed E-state index contributed by atoms with van der Waals surface area (Å²) in [5.41, 5.74) is 0. The van der Waals surface area contributed by atoms with Gasteiger partial charge in [0.2, 0.25) is 0 Å². The molecule has 0 amide bonds. The summed E-state index contributed by atoms with van der Waals surface area (Å²) in [6, 6.07) is 1.37. The predicted molar refractivity (Wildman–Crippen MR) is 135 cm³/mol. The highest BCUT2D eigenvalue weighted by Gasteiger charge is 1.86. The van der Waals surface area contributed by atoms with Gasteiger partial charge in [0.15, 0.2) is 19.5 Å². The second-order valence-corrected chi connectivity index (χ2v) is 9.26. The summed E-state index contributed by atoms with van der Waals surface area (Å²) in [5, 5.41) is 16.6. The van der Waals surface area contributed by atoms with Crippen molar-refractivity contribution in [2.75, 3.05) is 53.9 Å². The van der Waals surface area contributed by atoms with Crippen LogP contribution < -0.4 is 0 Å². The van der Waals surface area contributed by atoms with E-state index in [4.69, 9.17) is 19.7 Å². The third-order valence-corrected chi connectivity index (χ3v) is 5.19. The van der Waals surface area contributed by atoms with Crippen LogP contribution in [-0.2, 0) is 18.3 Å². The molecule has 0 saturated carbocycles. The molecule has 0 rings (SSSR count). The first-order valence-electron chi connectivity index (χ1n) is 10.0. The van der Waals surface area contributed by atoms with E-state index in [2.05, 4.69) is 35.4 Å². The van der Waals surface area contributed by atoms with Crippen LogP contribution in [-0.4, -0.2) is 93.1 Å². The molecule has 180 valence electrons. The van der Waals surface area contributed by atoms with Gasteiger partial charge in [-0.1, -0.05) is 60.3 Å². The summed E-state index contributed by atoms with van der Waals surface area (Å²) in [5.74, 6) is 0. The molecule has 0 aliphatic carbocycles. The highest BCUT2D eigenvalue weighted by Crippen LogP contribution is 1.93. The number of aliphatic hydroxyl groups is 2. The third-order valence-electron chi connectivity index (χ3n) is 2.83. The van der Waals surface area contributed by atoms with E-state index < -0.39 is 0 Å². The quantitative estimate of drug-likeness (QED) is 0.302. The molecule has 0 spiro atoms. The molecule has 0 radical (unpaired) electrons. The molecule has 0 unspecified atom stereocenters. The fourth-order valence-corrected chi connectivity index (χ4v) is 1.95. The first-order valence-corrected chi connectivity index (χ1v) is 16.4. The molecule has 9 heteroatoms. The van der Waals surface area contributed by atoms with Crippen molar-refractivity contribution in [3.63, 3.8) is 0 Å². The highest BCUT2D eigenvalue weighted by atomic mass is 28.2. The lowest BCUT2D eigenvalue weighted by molar-refractivity contribution is 0.0898. The minimum atomic E-state index is -0.0756. The largest absolute Gasteiger partial charge is 0.427 e. The van der Waals surface area contributed by atoms with Crippen LogP contribution in [0.25, 0.3) is 0 Å². The fourth-order valence-electron chi connectivity index (χ4n) is 1.24. The van der Waals surface area contributed by atoms with Crippen molar-refractivity contribution < 1.29 is 28.5 Å². The van der Waals surface area contributed by atoms with Crippen LogP contribution in [0.5, 0.6) is 0 Å². The molecular formula is C19H56O6Si3. The Balaban J connectivity index is -0.0000000601. The lowest BCUT2D eigenvalue weighted by Gasteiger charge is -1.98. The lowest BCUT2D eigenvalue weighted by Crippen LogP contribution is -2.00. The van der Waals surface area contributed by atoms with Gasteiger partial charge < -0.3 is 28.5 Å². The van der Waals surface area contributed by atoms with Gasteiger partial charge >= 0.3 is 0 Å². The smallest absolute Gasteiger partial charge is 0.157 e. The number of ether oxygens (including phenoxy) is 2. The Morgan fingerprint density at radius 2 is 1.07 bits per heavy atom. The van der Waals surface area contributed by atoms with Crippen LogP contribution in [0, 0.1) is 0 Å². The van der Waals surface area contributed by atoms with Gasteiger partial charge in [0.1, 0.15) is 0 Å². The summed E-state index contributed by atoms with van der Waals surface area (Å²) < 4.78 is 19.5. The summed E-state index contributed by atoms with van der Waals surface area (Å²) in [6.45, 7) is 11.6. The Hall–Kier alpha value is 0.411. The minimum Gasteiger partial charge on any atom is -0.427 e. The molecule has 0 heterocycles. The van der Waals surface area contributed by atoms with E-state index >= 15 is 0 Å². The van der Waals surface area contributed by atoms with Crippen molar-refractivity contribution in [1.29, 1.82) is 0 Å². The Bertz CT molecular complexity index is 150. The van der Waals surface area contributed by atoms with Gasteiger partial charge in [0.05, 0.1) is 26.4 Å². The number of unbranched alkanes of at least 4 members (excludes halogenated alkanes) is 2. The van der Waals surface area contributed by atoms with Gasteiger partial charge in [0, 0.05) is 37.0 Å². The molecule has 0 aliphatic heterocycles. The molecule has 2 N–H and O–H groups in total. The first kappa shape index (κ1) is 42.5. The van der Waals surface area contributed by atoms with Gasteiger partial charge in [-0.25, -0.2) is 0 Å². The fraction of sp³-hybridized carbons (Fsp3) is 1.00. The van der Waals surface area contributed by atoms with Crippen molar-refractivity contribution in [3.8, 4) is 0 Å². The molecule has 0 bridgehead atoms. The Kier molecular flexibility index (Phi) is 85.6.